The van der Waals surface area contributed by atoms with E-state index in [2.05, 4.69) is 4.98 Å². The van der Waals surface area contributed by atoms with Gasteiger partial charge in [0, 0.05) is 19.0 Å². The molecule has 1 aromatic heterocycles. The van der Waals surface area contributed by atoms with E-state index in [9.17, 15) is 9.18 Å². The minimum absolute atomic E-state index is 0.112. The molecule has 1 fully saturated rings. The van der Waals surface area contributed by atoms with Crippen LogP contribution >= 0.6 is 11.3 Å². The number of aromatic nitrogens is 1. The lowest BCUT2D eigenvalue weighted by molar-refractivity contribution is -0.0230. The summed E-state index contributed by atoms with van der Waals surface area (Å²) in [6.45, 7) is 1.80. The molecule has 1 aliphatic heterocycles. The quantitative estimate of drug-likeness (QED) is 0.861. The molecule has 1 amide bonds. The Morgan fingerprint density at radius 3 is 3.00 bits per heavy atom. The first-order valence-electron chi connectivity index (χ1n) is 7.27. The van der Waals surface area contributed by atoms with Gasteiger partial charge in [-0.1, -0.05) is 12.1 Å². The summed E-state index contributed by atoms with van der Waals surface area (Å²) in [5.41, 5.74) is 1.30. The summed E-state index contributed by atoms with van der Waals surface area (Å²) in [5.74, 6) is -0.398. The number of nitrogens with zero attached hydrogens (tertiary/aromatic N) is 2. The zero-order valence-electron chi connectivity index (χ0n) is 12.7. The van der Waals surface area contributed by atoms with Crippen LogP contribution in [-0.2, 0) is 16.1 Å². The molecule has 122 valence electrons. The van der Waals surface area contributed by atoms with E-state index >= 15 is 0 Å². The summed E-state index contributed by atoms with van der Waals surface area (Å²) in [4.78, 5) is 18.6. The Labute approximate surface area is 137 Å². The Hall–Kier alpha value is -1.83. The van der Waals surface area contributed by atoms with Crippen LogP contribution in [0.15, 0.2) is 29.6 Å². The van der Waals surface area contributed by atoms with E-state index in [1.54, 1.807) is 29.5 Å². The standard InChI is InChI=1S/C16H17FN2O3S/c1-21-9-15-18-13(10-23-15)16(20)19-6-7-22-14(8-19)11-2-4-12(17)5-3-11/h2-5,10,14H,6-9H2,1H3. The van der Waals surface area contributed by atoms with E-state index < -0.39 is 0 Å². The summed E-state index contributed by atoms with van der Waals surface area (Å²) in [6.07, 6.45) is -0.245. The monoisotopic (exact) mass is 336 g/mol. The van der Waals surface area contributed by atoms with Crippen molar-refractivity contribution in [2.75, 3.05) is 26.8 Å². The minimum Gasteiger partial charge on any atom is -0.378 e. The van der Waals surface area contributed by atoms with Crippen LogP contribution in [0.3, 0.4) is 0 Å². The van der Waals surface area contributed by atoms with Crippen LogP contribution in [-0.4, -0.2) is 42.6 Å². The second-order valence-electron chi connectivity index (χ2n) is 5.22. The Kier molecular flexibility index (Phi) is 5.00. The summed E-state index contributed by atoms with van der Waals surface area (Å²) in [7, 11) is 1.60. The van der Waals surface area contributed by atoms with E-state index in [4.69, 9.17) is 9.47 Å². The van der Waals surface area contributed by atoms with Crippen molar-refractivity contribution in [3.63, 3.8) is 0 Å². The molecule has 1 atom stereocenters. The molecule has 2 heterocycles. The lowest BCUT2D eigenvalue weighted by Gasteiger charge is -2.32. The van der Waals surface area contributed by atoms with Crippen molar-refractivity contribution in [3.05, 3.63) is 51.7 Å². The second kappa shape index (κ2) is 7.16. The first-order chi connectivity index (χ1) is 11.2. The molecule has 0 saturated carbocycles. The topological polar surface area (TPSA) is 51.7 Å². The van der Waals surface area contributed by atoms with Crippen molar-refractivity contribution in [2.24, 2.45) is 0 Å². The normalized spacial score (nSPS) is 18.2. The smallest absolute Gasteiger partial charge is 0.273 e. The molecular formula is C16H17FN2O3S. The fraction of sp³-hybridized carbons (Fsp3) is 0.375. The molecule has 1 unspecified atom stereocenters. The van der Waals surface area contributed by atoms with Crippen molar-refractivity contribution in [2.45, 2.75) is 12.7 Å². The van der Waals surface area contributed by atoms with E-state index in [0.717, 1.165) is 10.6 Å². The number of amides is 1. The second-order valence-corrected chi connectivity index (χ2v) is 6.16. The first kappa shape index (κ1) is 16.0. The number of benzene rings is 1. The number of halogens is 1. The van der Waals surface area contributed by atoms with Gasteiger partial charge in [0.05, 0.1) is 19.8 Å². The highest BCUT2D eigenvalue weighted by atomic mass is 32.1. The van der Waals surface area contributed by atoms with Crippen LogP contribution in [0.4, 0.5) is 4.39 Å². The van der Waals surface area contributed by atoms with Gasteiger partial charge in [0.25, 0.3) is 5.91 Å². The fourth-order valence-corrected chi connectivity index (χ4v) is 3.21. The zero-order valence-corrected chi connectivity index (χ0v) is 13.5. The lowest BCUT2D eigenvalue weighted by atomic mass is 10.1. The van der Waals surface area contributed by atoms with Gasteiger partial charge in [0.1, 0.15) is 22.6 Å². The van der Waals surface area contributed by atoms with Crippen molar-refractivity contribution >= 4 is 17.2 Å². The van der Waals surface area contributed by atoms with Gasteiger partial charge in [-0.15, -0.1) is 11.3 Å². The highest BCUT2D eigenvalue weighted by Crippen LogP contribution is 2.24. The van der Waals surface area contributed by atoms with E-state index in [1.807, 2.05) is 0 Å². The fourth-order valence-electron chi connectivity index (χ4n) is 2.47. The Morgan fingerprint density at radius 1 is 1.48 bits per heavy atom. The molecule has 0 aliphatic carbocycles. The van der Waals surface area contributed by atoms with Gasteiger partial charge in [-0.25, -0.2) is 9.37 Å². The predicted molar refractivity (Wildman–Crippen MR) is 83.8 cm³/mol. The van der Waals surface area contributed by atoms with Gasteiger partial charge < -0.3 is 14.4 Å². The lowest BCUT2D eigenvalue weighted by Crippen LogP contribution is -2.42. The molecule has 1 saturated heterocycles. The summed E-state index contributed by atoms with van der Waals surface area (Å²) in [5, 5.41) is 2.53. The molecule has 1 aliphatic rings. The van der Waals surface area contributed by atoms with Crippen LogP contribution in [0.5, 0.6) is 0 Å². The van der Waals surface area contributed by atoms with Gasteiger partial charge in [-0.2, -0.15) is 0 Å². The summed E-state index contributed by atoms with van der Waals surface area (Å²) >= 11 is 1.41. The Morgan fingerprint density at radius 2 is 2.26 bits per heavy atom. The van der Waals surface area contributed by atoms with Gasteiger partial charge in [-0.05, 0) is 17.7 Å². The number of rotatable bonds is 4. The number of morpholine rings is 1. The number of hydrogen-bond donors (Lipinski definition) is 0. The number of thiazole rings is 1. The third kappa shape index (κ3) is 3.74. The predicted octanol–water partition coefficient (Wildman–Crippen LogP) is 2.64. The molecule has 1 aromatic carbocycles. The number of ether oxygens (including phenoxy) is 2. The largest absolute Gasteiger partial charge is 0.378 e. The van der Waals surface area contributed by atoms with Crippen molar-refractivity contribution in [1.29, 1.82) is 0 Å². The van der Waals surface area contributed by atoms with E-state index in [1.165, 1.54) is 23.5 Å². The number of hydrogen-bond acceptors (Lipinski definition) is 5. The highest BCUT2D eigenvalue weighted by Gasteiger charge is 2.27. The molecule has 0 bridgehead atoms. The van der Waals surface area contributed by atoms with Gasteiger partial charge >= 0.3 is 0 Å². The third-order valence-electron chi connectivity index (χ3n) is 3.63. The Bertz CT molecular complexity index is 674. The summed E-state index contributed by atoms with van der Waals surface area (Å²) in [6, 6.07) is 6.18. The van der Waals surface area contributed by atoms with Gasteiger partial charge in [0.15, 0.2) is 0 Å². The molecule has 0 radical (unpaired) electrons. The average Bonchev–Trinajstić information content (AvgIpc) is 3.04. The highest BCUT2D eigenvalue weighted by molar-refractivity contribution is 7.09. The molecule has 5 nitrogen and oxygen atoms in total. The Balaban J connectivity index is 1.69. The van der Waals surface area contributed by atoms with Gasteiger partial charge in [0.2, 0.25) is 0 Å². The first-order valence-corrected chi connectivity index (χ1v) is 8.15. The van der Waals surface area contributed by atoms with Gasteiger partial charge in [-0.3, -0.25) is 4.79 Å². The minimum atomic E-state index is -0.286. The summed E-state index contributed by atoms with van der Waals surface area (Å²) < 4.78 is 23.8. The van der Waals surface area contributed by atoms with Crippen LogP contribution in [0.1, 0.15) is 27.2 Å². The van der Waals surface area contributed by atoms with Crippen molar-refractivity contribution < 1.29 is 18.7 Å². The molecule has 3 rings (SSSR count). The van der Waals surface area contributed by atoms with E-state index in [-0.39, 0.29) is 17.8 Å². The maximum absolute atomic E-state index is 13.0. The van der Waals surface area contributed by atoms with Crippen molar-refractivity contribution in [3.8, 4) is 0 Å². The SMILES string of the molecule is COCc1nc(C(=O)N2CCOC(c3ccc(F)cc3)C2)cs1. The molecular weight excluding hydrogens is 319 g/mol. The maximum atomic E-state index is 13.0. The van der Waals surface area contributed by atoms with Crippen LogP contribution in [0.25, 0.3) is 0 Å². The number of methoxy groups -OCH3 is 1. The van der Waals surface area contributed by atoms with E-state index in [0.29, 0.717) is 32.0 Å². The van der Waals surface area contributed by atoms with Crippen LogP contribution in [0.2, 0.25) is 0 Å². The van der Waals surface area contributed by atoms with Crippen LogP contribution in [0, 0.1) is 5.82 Å². The number of carbonyl (C=O) groups is 1. The maximum Gasteiger partial charge on any atom is 0.273 e. The molecule has 0 N–H and O–H groups in total. The van der Waals surface area contributed by atoms with Crippen molar-refractivity contribution in [1.82, 2.24) is 9.88 Å². The molecule has 2 aromatic rings. The third-order valence-corrected chi connectivity index (χ3v) is 4.46. The number of carbonyl (C=O) groups excluding carboxylic acids is 1. The average molecular weight is 336 g/mol. The molecule has 23 heavy (non-hydrogen) atoms. The molecule has 0 spiro atoms. The zero-order chi connectivity index (χ0) is 16.2. The molecule has 7 heteroatoms. The van der Waals surface area contributed by atoms with Crippen LogP contribution < -0.4 is 0 Å².